The molecule has 0 radical (unpaired) electrons. The summed E-state index contributed by atoms with van der Waals surface area (Å²) in [7, 11) is -3.51. The number of guanidine groups is 1. The van der Waals surface area contributed by atoms with Crippen molar-refractivity contribution >= 4 is 40.0 Å². The highest BCUT2D eigenvalue weighted by atomic mass is 127. The van der Waals surface area contributed by atoms with E-state index in [9.17, 15) is 8.42 Å². The fraction of sp³-hybridized carbons (Fsp3) is 0.600. The van der Waals surface area contributed by atoms with Gasteiger partial charge < -0.3 is 10.6 Å². The molecule has 0 aliphatic carbocycles. The molecule has 3 N–H and O–H groups in total. The van der Waals surface area contributed by atoms with Gasteiger partial charge in [-0.15, -0.1) is 24.0 Å². The summed E-state index contributed by atoms with van der Waals surface area (Å²) in [6.07, 6.45) is 6.25. The van der Waals surface area contributed by atoms with Crippen molar-refractivity contribution in [1.82, 2.24) is 20.3 Å². The van der Waals surface area contributed by atoms with Crippen molar-refractivity contribution in [2.24, 2.45) is 4.99 Å². The number of sulfonamides is 1. The largest absolute Gasteiger partial charge is 0.357 e. The minimum Gasteiger partial charge on any atom is -0.357 e. The maximum Gasteiger partial charge on any atom is 0.242 e. The van der Waals surface area contributed by atoms with Crippen LogP contribution in [0, 0.1) is 0 Å². The van der Waals surface area contributed by atoms with Gasteiger partial charge >= 0.3 is 0 Å². The second-order valence-electron chi connectivity index (χ2n) is 4.98. The van der Waals surface area contributed by atoms with E-state index < -0.39 is 10.0 Å². The summed E-state index contributed by atoms with van der Waals surface area (Å²) in [6, 6.07) is 3.11. The summed E-state index contributed by atoms with van der Waals surface area (Å²) >= 11 is 0. The molecule has 0 amide bonds. The van der Waals surface area contributed by atoms with Gasteiger partial charge in [-0.1, -0.05) is 19.8 Å². The fourth-order valence-electron chi connectivity index (χ4n) is 1.85. The van der Waals surface area contributed by atoms with Gasteiger partial charge in [0.15, 0.2) is 5.96 Å². The maximum absolute atomic E-state index is 12.0. The van der Waals surface area contributed by atoms with Crippen LogP contribution < -0.4 is 15.4 Å². The molecule has 0 aliphatic heterocycles. The number of hydrogen-bond acceptors (Lipinski definition) is 4. The zero-order chi connectivity index (χ0) is 17.0. The minimum atomic E-state index is -3.51. The quantitative estimate of drug-likeness (QED) is 0.210. The molecular formula is C15H28IN5O2S. The Morgan fingerprint density at radius 1 is 1.21 bits per heavy atom. The molecule has 0 spiro atoms. The number of nitrogens with zero attached hydrogens (tertiary/aromatic N) is 2. The van der Waals surface area contributed by atoms with Crippen molar-refractivity contribution in [3.63, 3.8) is 0 Å². The second kappa shape index (κ2) is 13.4. The van der Waals surface area contributed by atoms with Gasteiger partial charge in [-0.25, -0.2) is 13.1 Å². The smallest absolute Gasteiger partial charge is 0.242 e. The molecule has 1 heterocycles. The van der Waals surface area contributed by atoms with Crippen LogP contribution in [0.4, 0.5) is 0 Å². The second-order valence-corrected chi connectivity index (χ2v) is 6.75. The monoisotopic (exact) mass is 469 g/mol. The summed E-state index contributed by atoms with van der Waals surface area (Å²) in [4.78, 5) is 8.43. The molecule has 9 heteroatoms. The molecule has 1 aromatic rings. The lowest BCUT2D eigenvalue weighted by Crippen LogP contribution is -2.41. The first-order valence-electron chi connectivity index (χ1n) is 8.02. The van der Waals surface area contributed by atoms with Crippen molar-refractivity contribution in [1.29, 1.82) is 0 Å². The normalized spacial score (nSPS) is 11.7. The van der Waals surface area contributed by atoms with Crippen LogP contribution in [0.15, 0.2) is 34.4 Å². The van der Waals surface area contributed by atoms with E-state index in [-0.39, 0.29) is 35.4 Å². The third-order valence-electron chi connectivity index (χ3n) is 3.03. The predicted octanol–water partition coefficient (Wildman–Crippen LogP) is 1.72. The first-order chi connectivity index (χ1) is 11.1. The Morgan fingerprint density at radius 3 is 2.62 bits per heavy atom. The van der Waals surface area contributed by atoms with Crippen LogP contribution in [-0.4, -0.2) is 45.5 Å². The maximum atomic E-state index is 12.0. The SMILES string of the molecule is CCCCCN=C(NCC)NCCNS(=O)(=O)c1cccnc1.I. The Morgan fingerprint density at radius 2 is 2.00 bits per heavy atom. The summed E-state index contributed by atoms with van der Waals surface area (Å²) in [5.74, 6) is 0.712. The Balaban J connectivity index is 0.00000529. The van der Waals surface area contributed by atoms with E-state index in [1.807, 2.05) is 6.92 Å². The van der Waals surface area contributed by atoms with Gasteiger partial charge in [0.2, 0.25) is 10.0 Å². The summed E-state index contributed by atoms with van der Waals surface area (Å²) in [6.45, 7) is 6.41. The van der Waals surface area contributed by atoms with Gasteiger partial charge in [-0.05, 0) is 25.5 Å². The van der Waals surface area contributed by atoms with E-state index >= 15 is 0 Å². The van der Waals surface area contributed by atoms with Crippen LogP contribution in [-0.2, 0) is 10.0 Å². The van der Waals surface area contributed by atoms with E-state index in [1.165, 1.54) is 18.5 Å². The molecule has 0 saturated heterocycles. The molecule has 0 unspecified atom stereocenters. The number of rotatable bonds is 10. The predicted molar refractivity (Wildman–Crippen MR) is 108 cm³/mol. The molecule has 0 fully saturated rings. The van der Waals surface area contributed by atoms with Crippen LogP contribution >= 0.6 is 24.0 Å². The number of pyridine rings is 1. The molecule has 0 atom stereocenters. The fourth-order valence-corrected chi connectivity index (χ4v) is 2.84. The average Bonchev–Trinajstić information content (AvgIpc) is 2.56. The highest BCUT2D eigenvalue weighted by Gasteiger charge is 2.12. The number of aromatic nitrogens is 1. The van der Waals surface area contributed by atoms with Crippen molar-refractivity contribution in [3.8, 4) is 0 Å². The number of halogens is 1. The number of nitrogens with one attached hydrogen (secondary N) is 3. The van der Waals surface area contributed by atoms with E-state index in [4.69, 9.17) is 0 Å². The zero-order valence-electron chi connectivity index (χ0n) is 14.3. The Bertz CT molecular complexity index is 566. The van der Waals surface area contributed by atoms with Gasteiger partial charge in [-0.3, -0.25) is 9.98 Å². The molecule has 0 bridgehead atoms. The Hall–Kier alpha value is -0.940. The van der Waals surface area contributed by atoms with Gasteiger partial charge in [0.05, 0.1) is 0 Å². The van der Waals surface area contributed by atoms with E-state index in [2.05, 4.69) is 32.3 Å². The average molecular weight is 469 g/mol. The molecule has 0 aliphatic rings. The Kier molecular flexibility index (Phi) is 12.8. The summed E-state index contributed by atoms with van der Waals surface area (Å²) < 4.78 is 26.6. The lowest BCUT2D eigenvalue weighted by atomic mass is 10.2. The highest BCUT2D eigenvalue weighted by Crippen LogP contribution is 2.04. The van der Waals surface area contributed by atoms with Crippen LogP contribution in [0.3, 0.4) is 0 Å². The number of aliphatic imine (C=N–C) groups is 1. The molecular weight excluding hydrogens is 441 g/mol. The lowest BCUT2D eigenvalue weighted by Gasteiger charge is -2.12. The van der Waals surface area contributed by atoms with Gasteiger partial charge in [0.25, 0.3) is 0 Å². The molecule has 1 rings (SSSR count). The standard InChI is InChI=1S/C15H27N5O2S.HI/c1-3-5-6-10-18-15(17-4-2)19-11-12-20-23(21,22)14-8-7-9-16-13-14;/h7-9,13,20H,3-6,10-12H2,1-2H3,(H2,17,18,19);1H. The van der Waals surface area contributed by atoms with Gasteiger partial charge in [0.1, 0.15) is 4.90 Å². The van der Waals surface area contributed by atoms with Crippen LogP contribution in [0.1, 0.15) is 33.1 Å². The first-order valence-corrected chi connectivity index (χ1v) is 9.50. The van der Waals surface area contributed by atoms with Crippen LogP contribution in [0.25, 0.3) is 0 Å². The van der Waals surface area contributed by atoms with Crippen LogP contribution in [0.5, 0.6) is 0 Å². The molecule has 24 heavy (non-hydrogen) atoms. The molecule has 138 valence electrons. The third kappa shape index (κ3) is 9.38. The van der Waals surface area contributed by atoms with E-state index in [1.54, 1.807) is 6.07 Å². The number of unbranched alkanes of at least 4 members (excludes halogenated alkanes) is 2. The first kappa shape index (κ1) is 23.1. The van der Waals surface area contributed by atoms with Crippen molar-refractivity contribution in [2.45, 2.75) is 38.0 Å². The topological polar surface area (TPSA) is 95.5 Å². The number of hydrogen-bond donors (Lipinski definition) is 3. The van der Waals surface area contributed by atoms with Gasteiger partial charge in [0, 0.05) is 38.6 Å². The summed E-state index contributed by atoms with van der Waals surface area (Å²) in [5.41, 5.74) is 0. The molecule has 0 saturated carbocycles. The van der Waals surface area contributed by atoms with Crippen molar-refractivity contribution < 1.29 is 8.42 Å². The highest BCUT2D eigenvalue weighted by molar-refractivity contribution is 14.0. The third-order valence-corrected chi connectivity index (χ3v) is 4.48. The molecule has 7 nitrogen and oxygen atoms in total. The Labute approximate surface area is 162 Å². The van der Waals surface area contributed by atoms with E-state index in [0.717, 1.165) is 32.4 Å². The molecule has 0 aromatic carbocycles. The zero-order valence-corrected chi connectivity index (χ0v) is 17.4. The summed E-state index contributed by atoms with van der Waals surface area (Å²) in [5, 5.41) is 6.26. The van der Waals surface area contributed by atoms with Crippen LogP contribution in [0.2, 0.25) is 0 Å². The molecule has 1 aromatic heterocycles. The van der Waals surface area contributed by atoms with Gasteiger partial charge in [-0.2, -0.15) is 0 Å². The van der Waals surface area contributed by atoms with Crippen molar-refractivity contribution in [2.75, 3.05) is 26.2 Å². The lowest BCUT2D eigenvalue weighted by molar-refractivity contribution is 0.580. The minimum absolute atomic E-state index is 0. The van der Waals surface area contributed by atoms with E-state index in [0.29, 0.717) is 12.5 Å². The van der Waals surface area contributed by atoms with Crippen molar-refractivity contribution in [3.05, 3.63) is 24.5 Å².